The van der Waals surface area contributed by atoms with E-state index in [1.54, 1.807) is 0 Å². The van der Waals surface area contributed by atoms with Crippen LogP contribution in [0, 0.1) is 25.7 Å². The Hall–Kier alpha value is -1.18. The molecule has 1 aromatic rings. The molecule has 15 heavy (non-hydrogen) atoms. The molecule has 2 aliphatic carbocycles. The summed E-state index contributed by atoms with van der Waals surface area (Å²) < 4.78 is 0. The topological polar surface area (TPSA) is 25.8 Å². The first-order valence-corrected chi connectivity index (χ1v) is 5.72. The minimum Gasteiger partial charge on any atom is -0.257 e. The Kier molecular flexibility index (Phi) is 1.91. The van der Waals surface area contributed by atoms with Crippen LogP contribution in [0.4, 0.5) is 0 Å². The number of aryl methyl sites for hydroxylation is 2. The fourth-order valence-electron chi connectivity index (χ4n) is 3.07. The van der Waals surface area contributed by atoms with Gasteiger partial charge < -0.3 is 0 Å². The fraction of sp³-hybridized carbons (Fsp3) is 0.538. The van der Waals surface area contributed by atoms with Gasteiger partial charge in [0.25, 0.3) is 0 Å². The predicted octanol–water partition coefficient (Wildman–Crippen LogP) is 2.77. The van der Waals surface area contributed by atoms with Gasteiger partial charge in [0.2, 0.25) is 0 Å². The Labute approximate surface area is 90.5 Å². The first kappa shape index (κ1) is 9.08. The van der Waals surface area contributed by atoms with Crippen molar-refractivity contribution >= 4 is 0 Å². The Morgan fingerprint density at radius 1 is 1.20 bits per heavy atom. The molecule has 0 amide bonds. The van der Waals surface area contributed by atoms with Gasteiger partial charge >= 0.3 is 0 Å². The number of rotatable bonds is 1. The third-order valence-electron chi connectivity index (χ3n) is 3.74. The van der Waals surface area contributed by atoms with Crippen LogP contribution in [0.3, 0.4) is 0 Å². The second kappa shape index (κ2) is 3.16. The lowest BCUT2D eigenvalue weighted by molar-refractivity contribution is 0.562. The third-order valence-corrected chi connectivity index (χ3v) is 3.74. The number of hydrogen-bond acceptors (Lipinski definition) is 2. The van der Waals surface area contributed by atoms with Crippen LogP contribution in [-0.4, -0.2) is 9.97 Å². The molecule has 2 nitrogen and oxygen atoms in total. The van der Waals surface area contributed by atoms with Gasteiger partial charge in [-0.15, -0.1) is 0 Å². The van der Waals surface area contributed by atoms with Crippen LogP contribution < -0.4 is 0 Å². The van der Waals surface area contributed by atoms with Gasteiger partial charge in [-0.3, -0.25) is 9.97 Å². The third kappa shape index (κ3) is 1.39. The van der Waals surface area contributed by atoms with Gasteiger partial charge in [0.1, 0.15) is 0 Å². The molecule has 2 bridgehead atoms. The van der Waals surface area contributed by atoms with E-state index in [-0.39, 0.29) is 0 Å². The summed E-state index contributed by atoms with van der Waals surface area (Å²) in [7, 11) is 0. The van der Waals surface area contributed by atoms with Crippen molar-refractivity contribution in [3.05, 3.63) is 35.4 Å². The van der Waals surface area contributed by atoms with E-state index in [0.29, 0.717) is 5.92 Å². The summed E-state index contributed by atoms with van der Waals surface area (Å²) >= 11 is 0. The van der Waals surface area contributed by atoms with E-state index in [2.05, 4.69) is 29.0 Å². The largest absolute Gasteiger partial charge is 0.257 e. The molecule has 0 N–H and O–H groups in total. The SMILES string of the molecule is Cc1cnc(C2CC3C=CC2C3)c(C)n1. The van der Waals surface area contributed by atoms with Crippen molar-refractivity contribution in [2.24, 2.45) is 11.8 Å². The first-order chi connectivity index (χ1) is 7.24. The van der Waals surface area contributed by atoms with Crippen LogP contribution in [0.15, 0.2) is 18.3 Å². The maximum atomic E-state index is 4.58. The van der Waals surface area contributed by atoms with Crippen LogP contribution in [0.25, 0.3) is 0 Å². The van der Waals surface area contributed by atoms with Crippen LogP contribution in [-0.2, 0) is 0 Å². The highest BCUT2D eigenvalue weighted by molar-refractivity contribution is 5.25. The normalized spacial score (nSPS) is 32.5. The van der Waals surface area contributed by atoms with Crippen LogP contribution in [0.5, 0.6) is 0 Å². The summed E-state index contributed by atoms with van der Waals surface area (Å²) in [5.74, 6) is 2.17. The highest BCUT2D eigenvalue weighted by atomic mass is 14.8. The highest BCUT2D eigenvalue weighted by Gasteiger charge is 2.37. The molecule has 0 aromatic carbocycles. The quantitative estimate of drug-likeness (QED) is 0.651. The summed E-state index contributed by atoms with van der Waals surface area (Å²) in [5, 5.41) is 0. The van der Waals surface area contributed by atoms with Crippen molar-refractivity contribution in [2.75, 3.05) is 0 Å². The zero-order valence-corrected chi connectivity index (χ0v) is 9.27. The summed E-state index contributed by atoms with van der Waals surface area (Å²) in [6, 6.07) is 0. The fourth-order valence-corrected chi connectivity index (χ4v) is 3.07. The summed E-state index contributed by atoms with van der Waals surface area (Å²) in [4.78, 5) is 9.10. The van der Waals surface area contributed by atoms with E-state index < -0.39 is 0 Å². The van der Waals surface area contributed by atoms with Gasteiger partial charge in [0.15, 0.2) is 0 Å². The van der Waals surface area contributed by atoms with Crippen LogP contribution in [0.1, 0.15) is 35.8 Å². The van der Waals surface area contributed by atoms with E-state index in [1.807, 2.05) is 13.1 Å². The maximum absolute atomic E-state index is 4.58. The maximum Gasteiger partial charge on any atom is 0.0653 e. The van der Waals surface area contributed by atoms with Gasteiger partial charge in [-0.2, -0.15) is 0 Å². The van der Waals surface area contributed by atoms with Gasteiger partial charge in [-0.25, -0.2) is 0 Å². The lowest BCUT2D eigenvalue weighted by Crippen LogP contribution is -2.10. The summed E-state index contributed by atoms with van der Waals surface area (Å²) in [6.07, 6.45) is 9.26. The Morgan fingerprint density at radius 3 is 2.67 bits per heavy atom. The van der Waals surface area contributed by atoms with E-state index in [1.165, 1.54) is 18.5 Å². The Bertz CT molecular complexity index is 423. The van der Waals surface area contributed by atoms with Gasteiger partial charge in [-0.1, -0.05) is 12.2 Å². The average Bonchev–Trinajstić information content (AvgIpc) is 2.78. The molecule has 3 atom stereocenters. The minimum absolute atomic E-state index is 0.632. The number of allylic oxidation sites excluding steroid dienone is 2. The second-order valence-electron chi connectivity index (χ2n) is 4.87. The molecular weight excluding hydrogens is 184 g/mol. The van der Waals surface area contributed by atoms with Crippen molar-refractivity contribution in [1.29, 1.82) is 0 Å². The summed E-state index contributed by atoms with van der Waals surface area (Å²) in [5.41, 5.74) is 3.38. The monoisotopic (exact) mass is 200 g/mol. The number of nitrogens with zero attached hydrogens (tertiary/aromatic N) is 2. The summed E-state index contributed by atoms with van der Waals surface area (Å²) in [6.45, 7) is 4.09. The van der Waals surface area contributed by atoms with E-state index >= 15 is 0 Å². The van der Waals surface area contributed by atoms with Crippen molar-refractivity contribution in [2.45, 2.75) is 32.6 Å². The molecule has 3 rings (SSSR count). The van der Waals surface area contributed by atoms with Gasteiger partial charge in [0, 0.05) is 12.1 Å². The van der Waals surface area contributed by atoms with Gasteiger partial charge in [-0.05, 0) is 38.5 Å². The van der Waals surface area contributed by atoms with E-state index in [9.17, 15) is 0 Å². The molecule has 3 unspecified atom stereocenters. The first-order valence-electron chi connectivity index (χ1n) is 5.72. The minimum atomic E-state index is 0.632. The molecular formula is C13H16N2. The lowest BCUT2D eigenvalue weighted by Gasteiger charge is -2.18. The molecule has 0 radical (unpaired) electrons. The van der Waals surface area contributed by atoms with Crippen molar-refractivity contribution < 1.29 is 0 Å². The van der Waals surface area contributed by atoms with Gasteiger partial charge in [0.05, 0.1) is 17.1 Å². The molecule has 1 fully saturated rings. The standard InChI is InChI=1S/C13H16N2/c1-8-7-14-13(9(2)15-8)12-6-10-3-4-11(12)5-10/h3-4,7,10-12H,5-6H2,1-2H3. The molecule has 2 heteroatoms. The van der Waals surface area contributed by atoms with Crippen molar-refractivity contribution in [3.63, 3.8) is 0 Å². The lowest BCUT2D eigenvalue weighted by atomic mass is 9.89. The zero-order valence-electron chi connectivity index (χ0n) is 9.27. The van der Waals surface area contributed by atoms with Crippen molar-refractivity contribution in [1.82, 2.24) is 9.97 Å². The Morgan fingerprint density at radius 2 is 2.07 bits per heavy atom. The van der Waals surface area contributed by atoms with E-state index in [4.69, 9.17) is 0 Å². The molecule has 0 saturated heterocycles. The second-order valence-corrected chi connectivity index (χ2v) is 4.87. The van der Waals surface area contributed by atoms with Crippen LogP contribution in [0.2, 0.25) is 0 Å². The average molecular weight is 200 g/mol. The molecule has 1 heterocycles. The number of fused-ring (bicyclic) bond motifs is 2. The van der Waals surface area contributed by atoms with E-state index in [0.717, 1.165) is 23.2 Å². The molecule has 0 aliphatic heterocycles. The molecule has 1 saturated carbocycles. The molecule has 1 aromatic heterocycles. The molecule has 2 aliphatic rings. The van der Waals surface area contributed by atoms with Crippen LogP contribution >= 0.6 is 0 Å². The number of hydrogen-bond donors (Lipinski definition) is 0. The highest BCUT2D eigenvalue weighted by Crippen LogP contribution is 2.48. The number of aromatic nitrogens is 2. The molecule has 0 spiro atoms. The predicted molar refractivity (Wildman–Crippen MR) is 59.6 cm³/mol. The Balaban J connectivity index is 1.97. The van der Waals surface area contributed by atoms with Crippen molar-refractivity contribution in [3.8, 4) is 0 Å². The molecule has 78 valence electrons. The smallest absolute Gasteiger partial charge is 0.0653 e. The zero-order chi connectivity index (χ0) is 10.4.